The van der Waals surface area contributed by atoms with Crippen LogP contribution in [-0.2, 0) is 0 Å². The normalized spacial score (nSPS) is 32.1. The molecule has 1 N–H and O–H groups in total. The molecule has 0 aromatic rings. The molecule has 2 rings (SSSR count). The zero-order chi connectivity index (χ0) is 13.8. The van der Waals surface area contributed by atoms with Crippen molar-refractivity contribution in [2.24, 2.45) is 17.8 Å². The van der Waals surface area contributed by atoms with Crippen molar-refractivity contribution < 1.29 is 0 Å². The van der Waals surface area contributed by atoms with Gasteiger partial charge in [0.25, 0.3) is 0 Å². The molecular weight excluding hydrogens is 232 g/mol. The van der Waals surface area contributed by atoms with Crippen LogP contribution < -0.4 is 5.32 Å². The molecule has 0 aromatic heterocycles. The van der Waals surface area contributed by atoms with E-state index in [4.69, 9.17) is 0 Å². The van der Waals surface area contributed by atoms with Crippen LogP contribution >= 0.6 is 0 Å². The van der Waals surface area contributed by atoms with Crippen molar-refractivity contribution in [2.75, 3.05) is 19.6 Å². The van der Waals surface area contributed by atoms with E-state index in [0.29, 0.717) is 6.04 Å². The van der Waals surface area contributed by atoms with Crippen molar-refractivity contribution in [3.05, 3.63) is 0 Å². The molecule has 19 heavy (non-hydrogen) atoms. The number of nitrogens with one attached hydrogen (secondary N) is 1. The molecule has 2 nitrogen and oxygen atoms in total. The highest BCUT2D eigenvalue weighted by Crippen LogP contribution is 2.28. The zero-order valence-corrected chi connectivity index (χ0v) is 13.5. The second-order valence-corrected chi connectivity index (χ2v) is 7.32. The van der Waals surface area contributed by atoms with Crippen LogP contribution in [0.2, 0.25) is 0 Å². The average molecular weight is 266 g/mol. The smallest absolute Gasteiger partial charge is 0.0244 e. The highest BCUT2D eigenvalue weighted by atomic mass is 15.2. The topological polar surface area (TPSA) is 15.3 Å². The molecular formula is C17H34N2. The van der Waals surface area contributed by atoms with E-state index in [1.54, 1.807) is 0 Å². The van der Waals surface area contributed by atoms with Gasteiger partial charge in [0, 0.05) is 31.7 Å². The van der Waals surface area contributed by atoms with Gasteiger partial charge in [-0.15, -0.1) is 0 Å². The molecule has 2 fully saturated rings. The van der Waals surface area contributed by atoms with E-state index in [1.165, 1.54) is 51.7 Å². The minimum absolute atomic E-state index is 0.710. The summed E-state index contributed by atoms with van der Waals surface area (Å²) in [5.74, 6) is 2.56. The van der Waals surface area contributed by atoms with E-state index in [2.05, 4.69) is 37.9 Å². The van der Waals surface area contributed by atoms with Gasteiger partial charge in [-0.25, -0.2) is 0 Å². The van der Waals surface area contributed by atoms with Crippen LogP contribution in [0.4, 0.5) is 0 Å². The maximum atomic E-state index is 3.81. The maximum absolute atomic E-state index is 3.81. The van der Waals surface area contributed by atoms with Gasteiger partial charge in [0.15, 0.2) is 0 Å². The predicted octanol–water partition coefficient (Wildman–Crippen LogP) is 3.52. The van der Waals surface area contributed by atoms with Crippen LogP contribution in [0.5, 0.6) is 0 Å². The molecule has 0 bridgehead atoms. The standard InChI is InChI=1S/C17H34N2/c1-5-14(4)16-12-19(11-15-8-6-7-9-15)17(10-18-16)13(2)3/h13-18H,5-12H2,1-4H3. The molecule has 0 amide bonds. The monoisotopic (exact) mass is 266 g/mol. The third kappa shape index (κ3) is 3.95. The van der Waals surface area contributed by atoms with Gasteiger partial charge >= 0.3 is 0 Å². The van der Waals surface area contributed by atoms with Gasteiger partial charge in [0.05, 0.1) is 0 Å². The second kappa shape index (κ2) is 7.08. The van der Waals surface area contributed by atoms with Gasteiger partial charge in [-0.1, -0.05) is 47.0 Å². The summed E-state index contributed by atoms with van der Waals surface area (Å²) in [4.78, 5) is 2.83. The Morgan fingerprint density at radius 1 is 1.16 bits per heavy atom. The Bertz CT molecular complexity index is 258. The first-order valence-corrected chi connectivity index (χ1v) is 8.59. The summed E-state index contributed by atoms with van der Waals surface area (Å²) in [7, 11) is 0. The Labute approximate surface area is 120 Å². The highest BCUT2D eigenvalue weighted by Gasteiger charge is 2.33. The molecule has 112 valence electrons. The molecule has 3 unspecified atom stereocenters. The van der Waals surface area contributed by atoms with Crippen LogP contribution in [0.25, 0.3) is 0 Å². The second-order valence-electron chi connectivity index (χ2n) is 7.32. The summed E-state index contributed by atoms with van der Waals surface area (Å²) in [6.45, 7) is 13.3. The molecule has 1 saturated heterocycles. The lowest BCUT2D eigenvalue weighted by molar-refractivity contribution is 0.0678. The molecule has 1 aliphatic heterocycles. The molecule has 0 spiro atoms. The van der Waals surface area contributed by atoms with Gasteiger partial charge < -0.3 is 5.32 Å². The van der Waals surface area contributed by atoms with Gasteiger partial charge in [0.1, 0.15) is 0 Å². The summed E-state index contributed by atoms with van der Waals surface area (Å²) in [6.07, 6.45) is 7.18. The van der Waals surface area contributed by atoms with Crippen molar-refractivity contribution in [3.8, 4) is 0 Å². The SMILES string of the molecule is CCC(C)C1CN(CC2CCCC2)C(C(C)C)CN1. The predicted molar refractivity (Wildman–Crippen MR) is 83.4 cm³/mol. The zero-order valence-electron chi connectivity index (χ0n) is 13.5. The summed E-state index contributed by atoms with van der Waals surface area (Å²) < 4.78 is 0. The van der Waals surface area contributed by atoms with E-state index in [0.717, 1.165) is 23.8 Å². The minimum atomic E-state index is 0.710. The van der Waals surface area contributed by atoms with E-state index in [9.17, 15) is 0 Å². The Morgan fingerprint density at radius 3 is 2.42 bits per heavy atom. The Balaban J connectivity index is 1.95. The number of rotatable bonds is 5. The average Bonchev–Trinajstić information content (AvgIpc) is 2.90. The first-order valence-electron chi connectivity index (χ1n) is 8.59. The Morgan fingerprint density at radius 2 is 1.84 bits per heavy atom. The van der Waals surface area contributed by atoms with E-state index >= 15 is 0 Å². The fraction of sp³-hybridized carbons (Fsp3) is 1.00. The van der Waals surface area contributed by atoms with Gasteiger partial charge in [0.2, 0.25) is 0 Å². The Kier molecular flexibility index (Phi) is 5.70. The molecule has 1 aliphatic carbocycles. The molecule has 2 aliphatic rings. The number of nitrogens with zero attached hydrogens (tertiary/aromatic N) is 1. The summed E-state index contributed by atoms with van der Waals surface area (Å²) >= 11 is 0. The third-order valence-corrected chi connectivity index (χ3v) is 5.56. The van der Waals surface area contributed by atoms with Gasteiger partial charge in [-0.3, -0.25) is 4.90 Å². The third-order valence-electron chi connectivity index (χ3n) is 5.56. The Hall–Kier alpha value is -0.0800. The molecule has 2 heteroatoms. The summed E-state index contributed by atoms with van der Waals surface area (Å²) in [6, 6.07) is 1.46. The number of hydrogen-bond acceptors (Lipinski definition) is 2. The first kappa shape index (κ1) is 15.3. The van der Waals surface area contributed by atoms with Crippen molar-refractivity contribution in [1.82, 2.24) is 10.2 Å². The van der Waals surface area contributed by atoms with Crippen LogP contribution in [0.3, 0.4) is 0 Å². The fourth-order valence-electron chi connectivity index (χ4n) is 3.91. The summed E-state index contributed by atoms with van der Waals surface area (Å²) in [5.41, 5.74) is 0. The van der Waals surface area contributed by atoms with Crippen molar-refractivity contribution >= 4 is 0 Å². The van der Waals surface area contributed by atoms with Crippen molar-refractivity contribution in [2.45, 2.75) is 71.9 Å². The van der Waals surface area contributed by atoms with Gasteiger partial charge in [-0.2, -0.15) is 0 Å². The first-order chi connectivity index (χ1) is 9.11. The lowest BCUT2D eigenvalue weighted by Crippen LogP contribution is -2.60. The largest absolute Gasteiger partial charge is 0.311 e. The van der Waals surface area contributed by atoms with Crippen LogP contribution in [0.1, 0.15) is 59.8 Å². The van der Waals surface area contributed by atoms with Crippen LogP contribution in [0, 0.1) is 17.8 Å². The van der Waals surface area contributed by atoms with E-state index in [-0.39, 0.29) is 0 Å². The lowest BCUT2D eigenvalue weighted by atomic mass is 9.91. The minimum Gasteiger partial charge on any atom is -0.311 e. The van der Waals surface area contributed by atoms with Gasteiger partial charge in [-0.05, 0) is 30.6 Å². The molecule has 3 atom stereocenters. The molecule has 0 aromatic carbocycles. The molecule has 1 saturated carbocycles. The van der Waals surface area contributed by atoms with E-state index in [1.807, 2.05) is 0 Å². The van der Waals surface area contributed by atoms with Crippen LogP contribution in [-0.4, -0.2) is 36.6 Å². The lowest BCUT2D eigenvalue weighted by Gasteiger charge is -2.45. The maximum Gasteiger partial charge on any atom is 0.0244 e. The van der Waals surface area contributed by atoms with Crippen molar-refractivity contribution in [1.29, 1.82) is 0 Å². The number of hydrogen-bond donors (Lipinski definition) is 1. The van der Waals surface area contributed by atoms with Crippen LogP contribution in [0.15, 0.2) is 0 Å². The quantitative estimate of drug-likeness (QED) is 0.819. The van der Waals surface area contributed by atoms with E-state index < -0.39 is 0 Å². The fourth-order valence-corrected chi connectivity index (χ4v) is 3.91. The highest BCUT2D eigenvalue weighted by molar-refractivity contribution is 4.90. The molecule has 0 radical (unpaired) electrons. The number of piperazine rings is 1. The van der Waals surface area contributed by atoms with Crippen molar-refractivity contribution in [3.63, 3.8) is 0 Å². The molecule has 1 heterocycles. The summed E-state index contributed by atoms with van der Waals surface area (Å²) in [5, 5.41) is 3.81.